The SMILES string of the molecule is O=C(O)CN1C(=O)S/C(=C/c2cccn2-c2ccccc2)C1=O. The average molecular weight is 328 g/mol. The highest BCUT2D eigenvalue weighted by atomic mass is 32.2. The Kier molecular flexibility index (Phi) is 4.03. The Balaban J connectivity index is 1.92. The lowest BCUT2D eigenvalue weighted by Gasteiger charge is -2.08. The van der Waals surface area contributed by atoms with Gasteiger partial charge < -0.3 is 9.67 Å². The first kappa shape index (κ1) is 15.1. The third-order valence-electron chi connectivity index (χ3n) is 3.26. The van der Waals surface area contributed by atoms with Gasteiger partial charge in [0.05, 0.1) is 4.91 Å². The Morgan fingerprint density at radius 3 is 2.57 bits per heavy atom. The van der Waals surface area contributed by atoms with Gasteiger partial charge in [0, 0.05) is 17.6 Å². The molecule has 3 rings (SSSR count). The lowest BCUT2D eigenvalue weighted by molar-refractivity contribution is -0.140. The molecule has 7 heteroatoms. The van der Waals surface area contributed by atoms with E-state index < -0.39 is 23.7 Å². The first-order chi connectivity index (χ1) is 11.1. The van der Waals surface area contributed by atoms with Crippen LogP contribution < -0.4 is 0 Å². The second-order valence-corrected chi connectivity index (χ2v) is 5.79. The number of carbonyl (C=O) groups is 3. The van der Waals surface area contributed by atoms with E-state index in [4.69, 9.17) is 5.11 Å². The maximum atomic E-state index is 12.2. The van der Waals surface area contributed by atoms with Crippen molar-refractivity contribution >= 4 is 35.0 Å². The molecule has 0 unspecified atom stereocenters. The summed E-state index contributed by atoms with van der Waals surface area (Å²) >= 11 is 0.748. The van der Waals surface area contributed by atoms with Crippen LogP contribution in [0.2, 0.25) is 0 Å². The van der Waals surface area contributed by atoms with E-state index in [1.54, 1.807) is 6.08 Å². The first-order valence-electron chi connectivity index (χ1n) is 6.76. The van der Waals surface area contributed by atoms with E-state index in [0.717, 1.165) is 28.0 Å². The largest absolute Gasteiger partial charge is 0.480 e. The summed E-state index contributed by atoms with van der Waals surface area (Å²) in [7, 11) is 0. The van der Waals surface area contributed by atoms with Gasteiger partial charge in [0.15, 0.2) is 0 Å². The highest BCUT2D eigenvalue weighted by Gasteiger charge is 2.36. The van der Waals surface area contributed by atoms with Gasteiger partial charge in [-0.15, -0.1) is 0 Å². The van der Waals surface area contributed by atoms with Crippen molar-refractivity contribution < 1.29 is 19.5 Å². The number of carboxylic acid groups (broad SMARTS) is 1. The Hall–Kier alpha value is -2.80. The number of para-hydroxylation sites is 1. The summed E-state index contributed by atoms with van der Waals surface area (Å²) in [4.78, 5) is 35.6. The highest BCUT2D eigenvalue weighted by molar-refractivity contribution is 8.18. The molecule has 1 aromatic carbocycles. The van der Waals surface area contributed by atoms with Crippen LogP contribution in [0.3, 0.4) is 0 Å². The molecule has 1 aliphatic rings. The molecule has 0 radical (unpaired) electrons. The number of hydrogen-bond acceptors (Lipinski definition) is 4. The number of carbonyl (C=O) groups excluding carboxylic acids is 2. The molecular formula is C16H12N2O4S. The quantitative estimate of drug-likeness (QED) is 0.873. The topological polar surface area (TPSA) is 79.6 Å². The fourth-order valence-electron chi connectivity index (χ4n) is 2.24. The molecule has 2 amide bonds. The molecule has 0 saturated carbocycles. The predicted molar refractivity (Wildman–Crippen MR) is 86.1 cm³/mol. The van der Waals surface area contributed by atoms with Gasteiger partial charge >= 0.3 is 5.97 Å². The molecule has 6 nitrogen and oxygen atoms in total. The fraction of sp³-hybridized carbons (Fsp3) is 0.0625. The normalized spacial score (nSPS) is 16.3. The van der Waals surface area contributed by atoms with Crippen molar-refractivity contribution in [2.45, 2.75) is 0 Å². The van der Waals surface area contributed by atoms with Crippen LogP contribution in [0.4, 0.5) is 4.79 Å². The number of benzene rings is 1. The van der Waals surface area contributed by atoms with Crippen LogP contribution in [0.5, 0.6) is 0 Å². The molecule has 2 heterocycles. The summed E-state index contributed by atoms with van der Waals surface area (Å²) in [5.41, 5.74) is 1.66. The van der Waals surface area contributed by atoms with E-state index >= 15 is 0 Å². The Bertz CT molecular complexity index is 810. The third-order valence-corrected chi connectivity index (χ3v) is 4.17. The molecule has 1 N–H and O–H groups in total. The Morgan fingerprint density at radius 1 is 1.13 bits per heavy atom. The molecule has 0 bridgehead atoms. The zero-order valence-electron chi connectivity index (χ0n) is 11.9. The molecule has 0 aliphatic carbocycles. The second-order valence-electron chi connectivity index (χ2n) is 4.80. The fourth-order valence-corrected chi connectivity index (χ4v) is 3.06. The summed E-state index contributed by atoms with van der Waals surface area (Å²) < 4.78 is 1.88. The van der Waals surface area contributed by atoms with E-state index in [2.05, 4.69) is 0 Å². The van der Waals surface area contributed by atoms with Crippen molar-refractivity contribution in [3.05, 3.63) is 59.3 Å². The van der Waals surface area contributed by atoms with E-state index in [0.29, 0.717) is 0 Å². The van der Waals surface area contributed by atoms with Crippen LogP contribution in [-0.4, -0.2) is 38.2 Å². The zero-order valence-corrected chi connectivity index (χ0v) is 12.7. The molecule has 2 aromatic rings. The maximum absolute atomic E-state index is 12.2. The Labute approximate surface area is 136 Å². The number of rotatable bonds is 4. The lowest BCUT2D eigenvalue weighted by atomic mass is 10.3. The van der Waals surface area contributed by atoms with E-state index in [-0.39, 0.29) is 4.91 Å². The number of amides is 2. The second kappa shape index (κ2) is 6.13. The molecule has 1 aromatic heterocycles. The monoisotopic (exact) mass is 328 g/mol. The van der Waals surface area contributed by atoms with Crippen LogP contribution in [0.25, 0.3) is 11.8 Å². The number of carboxylic acids is 1. The minimum absolute atomic E-state index is 0.215. The van der Waals surface area contributed by atoms with Crippen molar-refractivity contribution in [2.24, 2.45) is 0 Å². The van der Waals surface area contributed by atoms with Gasteiger partial charge in [0.25, 0.3) is 11.1 Å². The van der Waals surface area contributed by atoms with Crippen molar-refractivity contribution in [3.8, 4) is 5.69 Å². The number of aliphatic carboxylic acids is 1. The number of thioether (sulfide) groups is 1. The average Bonchev–Trinajstić information content (AvgIpc) is 3.09. The molecule has 0 atom stereocenters. The van der Waals surface area contributed by atoms with Gasteiger partial charge in [-0.3, -0.25) is 19.3 Å². The minimum atomic E-state index is -1.22. The molecular weight excluding hydrogens is 316 g/mol. The predicted octanol–water partition coefficient (Wildman–Crippen LogP) is 2.60. The van der Waals surface area contributed by atoms with Gasteiger partial charge in [-0.25, -0.2) is 0 Å². The number of aromatic nitrogens is 1. The lowest BCUT2D eigenvalue weighted by Crippen LogP contribution is -2.33. The van der Waals surface area contributed by atoms with Crippen molar-refractivity contribution in [1.29, 1.82) is 0 Å². The maximum Gasteiger partial charge on any atom is 0.323 e. The smallest absolute Gasteiger partial charge is 0.323 e. The number of imide groups is 1. The minimum Gasteiger partial charge on any atom is -0.480 e. The molecule has 1 aliphatic heterocycles. The molecule has 1 fully saturated rings. The van der Waals surface area contributed by atoms with Gasteiger partial charge in [-0.05, 0) is 42.1 Å². The molecule has 1 saturated heterocycles. The highest BCUT2D eigenvalue weighted by Crippen LogP contribution is 2.32. The van der Waals surface area contributed by atoms with Gasteiger partial charge in [0.1, 0.15) is 6.54 Å². The van der Waals surface area contributed by atoms with Crippen LogP contribution in [0, 0.1) is 0 Å². The summed E-state index contributed by atoms with van der Waals surface area (Å²) in [6.45, 7) is -0.623. The number of nitrogens with zero attached hydrogens (tertiary/aromatic N) is 2. The van der Waals surface area contributed by atoms with Crippen LogP contribution in [0.1, 0.15) is 5.69 Å². The van der Waals surface area contributed by atoms with Crippen LogP contribution >= 0.6 is 11.8 Å². The van der Waals surface area contributed by atoms with Crippen molar-refractivity contribution in [3.63, 3.8) is 0 Å². The van der Waals surface area contributed by atoms with Gasteiger partial charge in [-0.2, -0.15) is 0 Å². The van der Waals surface area contributed by atoms with E-state index in [9.17, 15) is 14.4 Å². The van der Waals surface area contributed by atoms with Crippen molar-refractivity contribution in [2.75, 3.05) is 6.54 Å². The van der Waals surface area contributed by atoms with Crippen LogP contribution in [0.15, 0.2) is 53.6 Å². The standard InChI is InChI=1S/C16H12N2O4S/c19-14(20)10-18-15(21)13(23-16(18)22)9-12-7-4-8-17(12)11-5-2-1-3-6-11/h1-9H,10H2,(H,19,20)/b13-9+. The summed E-state index contributed by atoms with van der Waals surface area (Å²) in [6.07, 6.45) is 3.45. The summed E-state index contributed by atoms with van der Waals surface area (Å²) in [5, 5.41) is 8.20. The zero-order chi connectivity index (χ0) is 16.4. The third kappa shape index (κ3) is 3.04. The molecule has 116 valence electrons. The van der Waals surface area contributed by atoms with E-state index in [1.165, 1.54) is 0 Å². The van der Waals surface area contributed by atoms with Gasteiger partial charge in [0.2, 0.25) is 0 Å². The Morgan fingerprint density at radius 2 is 1.87 bits per heavy atom. The van der Waals surface area contributed by atoms with Gasteiger partial charge in [-0.1, -0.05) is 18.2 Å². The number of hydrogen-bond donors (Lipinski definition) is 1. The van der Waals surface area contributed by atoms with Crippen LogP contribution in [-0.2, 0) is 9.59 Å². The first-order valence-corrected chi connectivity index (χ1v) is 7.58. The van der Waals surface area contributed by atoms with E-state index in [1.807, 2.05) is 53.2 Å². The van der Waals surface area contributed by atoms with Crippen molar-refractivity contribution in [1.82, 2.24) is 9.47 Å². The summed E-state index contributed by atoms with van der Waals surface area (Å²) in [6, 6.07) is 13.2. The molecule has 23 heavy (non-hydrogen) atoms. The molecule has 0 spiro atoms. The summed E-state index contributed by atoms with van der Waals surface area (Å²) in [5.74, 6) is -1.80.